The summed E-state index contributed by atoms with van der Waals surface area (Å²) in [5.74, 6) is 2.19. The van der Waals surface area contributed by atoms with Crippen LogP contribution in [0.2, 0.25) is 0 Å². The van der Waals surface area contributed by atoms with Crippen molar-refractivity contribution in [2.24, 2.45) is 0 Å². The van der Waals surface area contributed by atoms with Gasteiger partial charge in [-0.1, -0.05) is 13.8 Å². The zero-order valence-electron chi connectivity index (χ0n) is 17.1. The molecule has 2 aromatic heterocycles. The molecular formula is C21H28N4O2S. The first kappa shape index (κ1) is 20.5. The van der Waals surface area contributed by atoms with Crippen LogP contribution < -0.4 is 4.90 Å². The molecule has 6 nitrogen and oxygen atoms in total. The first-order chi connectivity index (χ1) is 13.3. The molecule has 150 valence electrons. The van der Waals surface area contributed by atoms with Gasteiger partial charge in [0.15, 0.2) is 5.78 Å². The second-order valence-corrected chi connectivity index (χ2v) is 8.87. The van der Waals surface area contributed by atoms with Crippen LogP contribution in [0, 0.1) is 13.8 Å². The molecule has 3 heterocycles. The van der Waals surface area contributed by atoms with Crippen LogP contribution in [-0.2, 0) is 4.79 Å². The Morgan fingerprint density at radius 3 is 2.39 bits per heavy atom. The van der Waals surface area contributed by atoms with Crippen LogP contribution in [0.25, 0.3) is 0 Å². The largest absolute Gasteiger partial charge is 0.353 e. The second kappa shape index (κ2) is 8.82. The summed E-state index contributed by atoms with van der Waals surface area (Å²) in [7, 11) is 0. The van der Waals surface area contributed by atoms with Crippen molar-refractivity contribution in [3.05, 3.63) is 39.5 Å². The van der Waals surface area contributed by atoms with Crippen LogP contribution in [0.4, 0.5) is 5.82 Å². The van der Waals surface area contributed by atoms with Crippen LogP contribution in [0.3, 0.4) is 0 Å². The molecular weight excluding hydrogens is 372 g/mol. The Hall–Kier alpha value is -2.28. The summed E-state index contributed by atoms with van der Waals surface area (Å²) in [6, 6.07) is 5.80. The lowest BCUT2D eigenvalue weighted by Crippen LogP contribution is -2.49. The van der Waals surface area contributed by atoms with Gasteiger partial charge in [-0.25, -0.2) is 9.97 Å². The molecule has 0 radical (unpaired) electrons. The average molecular weight is 401 g/mol. The number of anilines is 1. The van der Waals surface area contributed by atoms with E-state index in [9.17, 15) is 9.59 Å². The number of carbonyl (C=O) groups excluding carboxylic acids is 2. The van der Waals surface area contributed by atoms with Gasteiger partial charge in [0.1, 0.15) is 11.6 Å². The SMILES string of the molecule is Cc1cc(N2CCN(C(=O)CCC(=O)c3ccc(C)s3)CC2)nc(C(C)C)n1. The van der Waals surface area contributed by atoms with Gasteiger partial charge in [0.2, 0.25) is 5.91 Å². The molecule has 0 aliphatic carbocycles. The molecule has 1 amide bonds. The van der Waals surface area contributed by atoms with Crippen molar-refractivity contribution in [1.82, 2.24) is 14.9 Å². The van der Waals surface area contributed by atoms with Crippen molar-refractivity contribution < 1.29 is 9.59 Å². The van der Waals surface area contributed by atoms with Crippen molar-refractivity contribution in [1.29, 1.82) is 0 Å². The minimum atomic E-state index is 0.0581. The van der Waals surface area contributed by atoms with Gasteiger partial charge in [0.05, 0.1) is 4.88 Å². The lowest BCUT2D eigenvalue weighted by Gasteiger charge is -2.35. The van der Waals surface area contributed by atoms with Gasteiger partial charge in [0.25, 0.3) is 0 Å². The van der Waals surface area contributed by atoms with Gasteiger partial charge in [-0.05, 0) is 26.0 Å². The Kier molecular flexibility index (Phi) is 6.44. The standard InChI is InChI=1S/C21H28N4O2S/c1-14(2)21-22-15(3)13-19(23-21)24-9-11-25(12-10-24)20(27)8-6-17(26)18-7-5-16(4)28-18/h5,7,13-14H,6,8-12H2,1-4H3. The smallest absolute Gasteiger partial charge is 0.223 e. The molecule has 28 heavy (non-hydrogen) atoms. The number of hydrogen-bond donors (Lipinski definition) is 0. The van der Waals surface area contributed by atoms with Crippen molar-refractivity contribution in [3.8, 4) is 0 Å². The van der Waals surface area contributed by atoms with Crippen LogP contribution in [0.15, 0.2) is 18.2 Å². The van der Waals surface area contributed by atoms with E-state index in [1.807, 2.05) is 36.9 Å². The summed E-state index contributed by atoms with van der Waals surface area (Å²) in [6.45, 7) is 11.0. The minimum Gasteiger partial charge on any atom is -0.353 e. The molecule has 1 fully saturated rings. The van der Waals surface area contributed by atoms with Crippen molar-refractivity contribution in [2.75, 3.05) is 31.1 Å². The van der Waals surface area contributed by atoms with Gasteiger partial charge in [-0.2, -0.15) is 0 Å². The third kappa shape index (κ3) is 4.95. The molecule has 2 aromatic rings. The summed E-state index contributed by atoms with van der Waals surface area (Å²) >= 11 is 1.49. The van der Waals surface area contributed by atoms with E-state index in [0.29, 0.717) is 13.1 Å². The van der Waals surface area contributed by atoms with Gasteiger partial charge in [0, 0.05) is 61.6 Å². The molecule has 0 atom stereocenters. The number of rotatable bonds is 6. The fourth-order valence-corrected chi connectivity index (χ4v) is 4.10. The number of nitrogens with zero attached hydrogens (tertiary/aromatic N) is 4. The van der Waals surface area contributed by atoms with Crippen LogP contribution in [-0.4, -0.2) is 52.7 Å². The molecule has 0 unspecified atom stereocenters. The van der Waals surface area contributed by atoms with E-state index >= 15 is 0 Å². The van der Waals surface area contributed by atoms with Gasteiger partial charge < -0.3 is 9.80 Å². The summed E-state index contributed by atoms with van der Waals surface area (Å²) < 4.78 is 0. The molecule has 1 saturated heterocycles. The maximum absolute atomic E-state index is 12.5. The number of hydrogen-bond acceptors (Lipinski definition) is 6. The molecule has 0 saturated carbocycles. The Balaban J connectivity index is 1.52. The van der Waals surface area contributed by atoms with E-state index in [1.165, 1.54) is 11.3 Å². The highest BCUT2D eigenvalue weighted by Gasteiger charge is 2.23. The molecule has 0 aromatic carbocycles. The Morgan fingerprint density at radius 2 is 1.79 bits per heavy atom. The Labute approximate surface area is 170 Å². The van der Waals surface area contributed by atoms with Crippen LogP contribution >= 0.6 is 11.3 Å². The van der Waals surface area contributed by atoms with Crippen molar-refractivity contribution in [3.63, 3.8) is 0 Å². The zero-order chi connectivity index (χ0) is 20.3. The molecule has 0 spiro atoms. The van der Waals surface area contributed by atoms with Crippen molar-refractivity contribution in [2.45, 2.75) is 46.5 Å². The maximum Gasteiger partial charge on any atom is 0.223 e. The number of amides is 1. The summed E-state index contributed by atoms with van der Waals surface area (Å²) in [5, 5.41) is 0. The van der Waals surface area contributed by atoms with E-state index in [1.54, 1.807) is 0 Å². The Morgan fingerprint density at radius 1 is 1.07 bits per heavy atom. The third-order valence-corrected chi connectivity index (χ3v) is 5.95. The van der Waals surface area contributed by atoms with E-state index in [4.69, 9.17) is 0 Å². The van der Waals surface area contributed by atoms with Crippen LogP contribution in [0.5, 0.6) is 0 Å². The number of carbonyl (C=O) groups is 2. The normalized spacial score (nSPS) is 14.6. The molecule has 0 N–H and O–H groups in total. The first-order valence-corrected chi connectivity index (χ1v) is 10.6. The monoisotopic (exact) mass is 400 g/mol. The van der Waals surface area contributed by atoms with Gasteiger partial charge >= 0.3 is 0 Å². The lowest BCUT2D eigenvalue weighted by molar-refractivity contribution is -0.131. The zero-order valence-corrected chi connectivity index (χ0v) is 17.9. The minimum absolute atomic E-state index is 0.0581. The number of thiophene rings is 1. The molecule has 3 rings (SSSR count). The summed E-state index contributed by atoms with van der Waals surface area (Å²) in [5.41, 5.74) is 0.967. The summed E-state index contributed by atoms with van der Waals surface area (Å²) in [6.07, 6.45) is 0.557. The molecule has 7 heteroatoms. The van der Waals surface area contributed by atoms with E-state index < -0.39 is 0 Å². The van der Waals surface area contributed by atoms with E-state index in [2.05, 4.69) is 28.7 Å². The van der Waals surface area contributed by atoms with Crippen LogP contribution in [0.1, 0.15) is 58.7 Å². The predicted octanol–water partition coefficient (Wildman–Crippen LogP) is 3.59. The van der Waals surface area contributed by atoms with E-state index in [0.717, 1.165) is 40.2 Å². The number of piperazine rings is 1. The fraction of sp³-hybridized carbons (Fsp3) is 0.524. The summed E-state index contributed by atoms with van der Waals surface area (Å²) in [4.78, 5) is 39.9. The highest BCUT2D eigenvalue weighted by Crippen LogP contribution is 2.20. The molecule has 0 bridgehead atoms. The lowest BCUT2D eigenvalue weighted by atomic mass is 10.1. The number of Topliss-reactive ketones (excluding diaryl/α,β-unsaturated/α-hetero) is 1. The Bertz CT molecular complexity index is 854. The van der Waals surface area contributed by atoms with Crippen molar-refractivity contribution >= 4 is 28.8 Å². The first-order valence-electron chi connectivity index (χ1n) is 9.81. The number of ketones is 1. The van der Waals surface area contributed by atoms with Gasteiger partial charge in [-0.15, -0.1) is 11.3 Å². The highest BCUT2D eigenvalue weighted by atomic mass is 32.1. The predicted molar refractivity (Wildman–Crippen MR) is 112 cm³/mol. The second-order valence-electron chi connectivity index (χ2n) is 7.58. The maximum atomic E-state index is 12.5. The average Bonchev–Trinajstić information content (AvgIpc) is 3.12. The fourth-order valence-electron chi connectivity index (χ4n) is 3.27. The number of aryl methyl sites for hydroxylation is 2. The molecule has 1 aliphatic rings. The van der Waals surface area contributed by atoms with E-state index in [-0.39, 0.29) is 30.4 Å². The molecule has 1 aliphatic heterocycles. The highest BCUT2D eigenvalue weighted by molar-refractivity contribution is 7.14. The number of aromatic nitrogens is 2. The quantitative estimate of drug-likeness (QED) is 0.693. The van der Waals surface area contributed by atoms with Gasteiger partial charge in [-0.3, -0.25) is 9.59 Å². The third-order valence-electron chi connectivity index (χ3n) is 4.91. The topological polar surface area (TPSA) is 66.4 Å².